The molecule has 0 saturated carbocycles. The number of carbonyl (C=O) groups excluding carboxylic acids is 1. The minimum absolute atomic E-state index is 0.170. The number of ketones is 1. The van der Waals surface area contributed by atoms with Gasteiger partial charge in [0.05, 0.1) is 0 Å². The quantitative estimate of drug-likeness (QED) is 0.586. The minimum Gasteiger partial charge on any atom is -0.399 e. The van der Waals surface area contributed by atoms with Crippen molar-refractivity contribution < 1.29 is 4.79 Å². The molecule has 0 radical (unpaired) electrons. The molecule has 0 bridgehead atoms. The Labute approximate surface area is 97.9 Å². The molecule has 2 heteroatoms. The lowest BCUT2D eigenvalue weighted by molar-refractivity contribution is 0.0908. The molecule has 1 atom stereocenters. The Morgan fingerprint density at radius 3 is 2.38 bits per heavy atom. The second-order valence-electron chi connectivity index (χ2n) is 4.23. The van der Waals surface area contributed by atoms with E-state index in [-0.39, 0.29) is 11.7 Å². The Hall–Kier alpha value is -1.31. The van der Waals surface area contributed by atoms with Crippen LogP contribution < -0.4 is 5.73 Å². The van der Waals surface area contributed by atoms with Crippen molar-refractivity contribution in [1.82, 2.24) is 0 Å². The van der Waals surface area contributed by atoms with Crippen molar-refractivity contribution in [2.75, 3.05) is 5.73 Å². The maximum Gasteiger partial charge on any atom is 0.165 e. The molecule has 0 aliphatic rings. The van der Waals surface area contributed by atoms with Crippen LogP contribution in [0.15, 0.2) is 24.3 Å². The first-order valence-corrected chi connectivity index (χ1v) is 6.08. The number of nitrogen functional groups attached to an aromatic ring is 1. The van der Waals surface area contributed by atoms with Gasteiger partial charge in [-0.1, -0.05) is 26.7 Å². The second-order valence-corrected chi connectivity index (χ2v) is 4.23. The number of carbonyl (C=O) groups is 1. The van der Waals surface area contributed by atoms with Gasteiger partial charge in [0.15, 0.2) is 5.78 Å². The Morgan fingerprint density at radius 2 is 1.88 bits per heavy atom. The normalized spacial score (nSPS) is 12.4. The van der Waals surface area contributed by atoms with Gasteiger partial charge >= 0.3 is 0 Å². The van der Waals surface area contributed by atoms with Crippen LogP contribution in [0.2, 0.25) is 0 Å². The molecule has 2 nitrogen and oxygen atoms in total. The minimum atomic E-state index is 0.170. The number of hydrogen-bond acceptors (Lipinski definition) is 2. The highest BCUT2D eigenvalue weighted by molar-refractivity contribution is 5.98. The van der Waals surface area contributed by atoms with E-state index in [1.54, 1.807) is 12.1 Å². The highest BCUT2D eigenvalue weighted by Crippen LogP contribution is 2.19. The van der Waals surface area contributed by atoms with Gasteiger partial charge in [0.1, 0.15) is 0 Å². The summed E-state index contributed by atoms with van der Waals surface area (Å²) in [5.74, 6) is 0.430. The fourth-order valence-corrected chi connectivity index (χ4v) is 1.85. The Kier molecular flexibility index (Phi) is 5.03. The van der Waals surface area contributed by atoms with Crippen molar-refractivity contribution in [3.8, 4) is 0 Å². The Morgan fingerprint density at radius 1 is 1.25 bits per heavy atom. The topological polar surface area (TPSA) is 43.1 Å². The third-order valence-electron chi connectivity index (χ3n) is 2.96. The van der Waals surface area contributed by atoms with Crippen molar-refractivity contribution in [1.29, 1.82) is 0 Å². The molecule has 0 amide bonds. The summed E-state index contributed by atoms with van der Waals surface area (Å²) >= 11 is 0. The van der Waals surface area contributed by atoms with E-state index in [4.69, 9.17) is 5.73 Å². The molecule has 0 aliphatic carbocycles. The maximum atomic E-state index is 12.2. The summed E-state index contributed by atoms with van der Waals surface area (Å²) in [6.45, 7) is 4.23. The van der Waals surface area contributed by atoms with Crippen LogP contribution >= 0.6 is 0 Å². The number of anilines is 1. The molecule has 0 spiro atoms. The van der Waals surface area contributed by atoms with E-state index in [0.717, 1.165) is 31.2 Å². The zero-order valence-corrected chi connectivity index (χ0v) is 10.2. The van der Waals surface area contributed by atoms with Crippen LogP contribution in [0.3, 0.4) is 0 Å². The van der Waals surface area contributed by atoms with Crippen LogP contribution in [0.4, 0.5) is 5.69 Å². The average Bonchev–Trinajstić information content (AvgIpc) is 2.30. The zero-order valence-electron chi connectivity index (χ0n) is 10.2. The average molecular weight is 219 g/mol. The van der Waals surface area contributed by atoms with Crippen molar-refractivity contribution in [2.45, 2.75) is 39.5 Å². The van der Waals surface area contributed by atoms with Gasteiger partial charge in [-0.25, -0.2) is 0 Å². The molecule has 16 heavy (non-hydrogen) atoms. The van der Waals surface area contributed by atoms with Crippen molar-refractivity contribution in [3.63, 3.8) is 0 Å². The van der Waals surface area contributed by atoms with Gasteiger partial charge in [0.2, 0.25) is 0 Å². The van der Waals surface area contributed by atoms with Gasteiger partial charge in [0, 0.05) is 17.2 Å². The summed E-state index contributed by atoms with van der Waals surface area (Å²) in [6, 6.07) is 7.23. The predicted molar refractivity (Wildman–Crippen MR) is 68.5 cm³/mol. The largest absolute Gasteiger partial charge is 0.399 e. The third kappa shape index (κ3) is 3.37. The molecule has 0 aromatic heterocycles. The summed E-state index contributed by atoms with van der Waals surface area (Å²) in [5, 5.41) is 0. The van der Waals surface area contributed by atoms with Crippen molar-refractivity contribution >= 4 is 11.5 Å². The molecule has 0 aliphatic heterocycles. The number of unbranched alkanes of at least 4 members (excludes halogenated alkanes) is 1. The number of nitrogens with two attached hydrogens (primary N) is 1. The first-order valence-electron chi connectivity index (χ1n) is 6.08. The molecule has 1 aromatic carbocycles. The zero-order chi connectivity index (χ0) is 12.0. The van der Waals surface area contributed by atoms with Gasteiger partial charge < -0.3 is 5.73 Å². The first kappa shape index (κ1) is 12.8. The molecule has 1 aromatic rings. The van der Waals surface area contributed by atoms with E-state index in [1.807, 2.05) is 12.1 Å². The molecule has 2 N–H and O–H groups in total. The number of rotatable bonds is 6. The molecular formula is C14H21NO. The SMILES string of the molecule is CCCCC(CC)C(=O)c1ccc(N)cc1. The van der Waals surface area contributed by atoms with Crippen LogP contribution in [0.5, 0.6) is 0 Å². The van der Waals surface area contributed by atoms with Crippen molar-refractivity contribution in [2.24, 2.45) is 5.92 Å². The lowest BCUT2D eigenvalue weighted by atomic mass is 9.90. The van der Waals surface area contributed by atoms with Crippen LogP contribution in [-0.4, -0.2) is 5.78 Å². The van der Waals surface area contributed by atoms with Gasteiger partial charge in [-0.2, -0.15) is 0 Å². The van der Waals surface area contributed by atoms with Gasteiger partial charge in [-0.3, -0.25) is 4.79 Å². The van der Waals surface area contributed by atoms with E-state index >= 15 is 0 Å². The lowest BCUT2D eigenvalue weighted by Crippen LogP contribution is -2.14. The summed E-state index contributed by atoms with van der Waals surface area (Å²) in [4.78, 5) is 12.2. The monoisotopic (exact) mass is 219 g/mol. The van der Waals surface area contributed by atoms with Crippen LogP contribution in [0.25, 0.3) is 0 Å². The summed E-state index contributed by atoms with van der Waals surface area (Å²) in [5.41, 5.74) is 7.10. The number of Topliss-reactive ketones (excluding diaryl/α,β-unsaturated/α-hetero) is 1. The Bertz CT molecular complexity index is 329. The smallest absolute Gasteiger partial charge is 0.165 e. The fraction of sp³-hybridized carbons (Fsp3) is 0.500. The van der Waals surface area contributed by atoms with Crippen molar-refractivity contribution in [3.05, 3.63) is 29.8 Å². The molecule has 88 valence electrons. The predicted octanol–water partition coefficient (Wildman–Crippen LogP) is 3.67. The number of hydrogen-bond donors (Lipinski definition) is 1. The van der Waals surface area contributed by atoms with E-state index in [9.17, 15) is 4.79 Å². The van der Waals surface area contributed by atoms with E-state index < -0.39 is 0 Å². The van der Waals surface area contributed by atoms with Crippen LogP contribution in [0, 0.1) is 5.92 Å². The highest BCUT2D eigenvalue weighted by Gasteiger charge is 2.17. The van der Waals surface area contributed by atoms with E-state index in [0.29, 0.717) is 5.69 Å². The van der Waals surface area contributed by atoms with Crippen LogP contribution in [-0.2, 0) is 0 Å². The van der Waals surface area contributed by atoms with Crippen LogP contribution in [0.1, 0.15) is 49.9 Å². The van der Waals surface area contributed by atoms with Gasteiger partial charge in [-0.05, 0) is 37.1 Å². The Balaban J connectivity index is 2.70. The maximum absolute atomic E-state index is 12.2. The van der Waals surface area contributed by atoms with Gasteiger partial charge in [0.25, 0.3) is 0 Å². The summed E-state index contributed by atoms with van der Waals surface area (Å²) in [7, 11) is 0. The molecule has 0 fully saturated rings. The molecule has 1 rings (SSSR count). The summed E-state index contributed by atoms with van der Waals surface area (Å²) in [6.07, 6.45) is 4.18. The number of benzene rings is 1. The molecule has 1 unspecified atom stereocenters. The third-order valence-corrected chi connectivity index (χ3v) is 2.96. The molecule has 0 saturated heterocycles. The lowest BCUT2D eigenvalue weighted by Gasteiger charge is -2.13. The summed E-state index contributed by atoms with van der Waals surface area (Å²) < 4.78 is 0. The highest BCUT2D eigenvalue weighted by atomic mass is 16.1. The standard InChI is InChI=1S/C14H21NO/c1-3-5-6-11(4-2)14(16)12-7-9-13(15)10-8-12/h7-11H,3-6,15H2,1-2H3. The fourth-order valence-electron chi connectivity index (χ4n) is 1.85. The van der Waals surface area contributed by atoms with Gasteiger partial charge in [-0.15, -0.1) is 0 Å². The van der Waals surface area contributed by atoms with E-state index in [1.165, 1.54) is 0 Å². The second kappa shape index (κ2) is 6.31. The molecule has 0 heterocycles. The first-order chi connectivity index (χ1) is 7.69. The van der Waals surface area contributed by atoms with E-state index in [2.05, 4.69) is 13.8 Å². The molecular weight excluding hydrogens is 198 g/mol.